The zero-order valence-electron chi connectivity index (χ0n) is 13.7. The van der Waals surface area contributed by atoms with E-state index in [4.69, 9.17) is 4.74 Å². The predicted molar refractivity (Wildman–Crippen MR) is 91.9 cm³/mol. The van der Waals surface area contributed by atoms with Gasteiger partial charge in [-0.25, -0.2) is 4.99 Å². The number of aliphatic imine (C=N–C) groups is 1. The molecule has 4 nitrogen and oxygen atoms in total. The van der Waals surface area contributed by atoms with Crippen LogP contribution in [-0.4, -0.2) is 24.4 Å². The van der Waals surface area contributed by atoms with Crippen LogP contribution in [0.3, 0.4) is 0 Å². The lowest BCUT2D eigenvalue weighted by atomic mass is 10.1. The molecule has 2 heterocycles. The molecular weight excluding hydrogens is 274 g/mol. The smallest absolute Gasteiger partial charge is 0.148 e. The summed E-state index contributed by atoms with van der Waals surface area (Å²) < 4.78 is 5.40. The highest BCUT2D eigenvalue weighted by atomic mass is 16.5. The van der Waals surface area contributed by atoms with Gasteiger partial charge in [0.15, 0.2) is 0 Å². The summed E-state index contributed by atoms with van der Waals surface area (Å²) in [7, 11) is 1.68. The minimum absolute atomic E-state index is 0.806. The molecule has 1 aliphatic heterocycles. The standard InChI is InChI=1S/C18H27N3O/c1-3-4-5-6-7-8-11-19-14-17-18(22-2)13-16(21-17)15-10-9-12-20-15/h9-10,12-14,19-20H,3-8,11H2,1-2H3/b17-14-. The predicted octanol–water partition coefficient (Wildman–Crippen LogP) is 4.14. The van der Waals surface area contributed by atoms with E-state index >= 15 is 0 Å². The van der Waals surface area contributed by atoms with Crippen LogP contribution in [0, 0.1) is 0 Å². The fourth-order valence-electron chi connectivity index (χ4n) is 2.49. The number of aromatic nitrogens is 1. The van der Waals surface area contributed by atoms with Gasteiger partial charge < -0.3 is 15.0 Å². The number of methoxy groups -OCH3 is 1. The largest absolute Gasteiger partial charge is 0.494 e. The maximum atomic E-state index is 5.40. The van der Waals surface area contributed by atoms with Crippen molar-refractivity contribution in [2.24, 2.45) is 4.99 Å². The number of nitrogens with one attached hydrogen (secondary N) is 2. The monoisotopic (exact) mass is 301 g/mol. The maximum absolute atomic E-state index is 5.40. The molecule has 2 rings (SSSR count). The van der Waals surface area contributed by atoms with Crippen molar-refractivity contribution in [2.45, 2.75) is 45.4 Å². The average Bonchev–Trinajstić information content (AvgIpc) is 3.18. The molecule has 0 unspecified atom stereocenters. The summed E-state index contributed by atoms with van der Waals surface area (Å²) in [6, 6.07) is 3.98. The third-order valence-corrected chi connectivity index (χ3v) is 3.77. The Labute approximate surface area is 133 Å². The number of hydrogen-bond acceptors (Lipinski definition) is 3. The Morgan fingerprint density at radius 1 is 1.23 bits per heavy atom. The number of aromatic amines is 1. The Balaban J connectivity index is 1.77. The van der Waals surface area contributed by atoms with E-state index in [-0.39, 0.29) is 0 Å². The molecule has 2 N–H and O–H groups in total. The number of nitrogens with zero attached hydrogens (tertiary/aromatic N) is 1. The molecule has 0 fully saturated rings. The number of rotatable bonds is 10. The highest BCUT2D eigenvalue weighted by Gasteiger charge is 2.16. The number of allylic oxidation sites excluding steroid dienone is 1. The van der Waals surface area contributed by atoms with E-state index in [1.54, 1.807) is 7.11 Å². The van der Waals surface area contributed by atoms with Crippen LogP contribution >= 0.6 is 0 Å². The molecule has 0 radical (unpaired) electrons. The molecule has 0 amide bonds. The molecule has 1 aromatic rings. The van der Waals surface area contributed by atoms with E-state index in [2.05, 4.69) is 22.2 Å². The summed E-state index contributed by atoms with van der Waals surface area (Å²) in [4.78, 5) is 7.77. The summed E-state index contributed by atoms with van der Waals surface area (Å²) in [6.45, 7) is 3.23. The molecule has 22 heavy (non-hydrogen) atoms. The highest BCUT2D eigenvalue weighted by Crippen LogP contribution is 2.21. The Morgan fingerprint density at radius 3 is 2.77 bits per heavy atom. The molecule has 4 heteroatoms. The minimum Gasteiger partial charge on any atom is -0.494 e. The summed E-state index contributed by atoms with van der Waals surface area (Å²) in [5.41, 5.74) is 2.78. The van der Waals surface area contributed by atoms with Gasteiger partial charge in [-0.05, 0) is 18.6 Å². The Kier molecular flexibility index (Phi) is 6.81. The Hall–Kier alpha value is -1.97. The molecule has 1 aliphatic rings. The van der Waals surface area contributed by atoms with Crippen molar-refractivity contribution >= 4 is 5.71 Å². The number of unbranched alkanes of at least 4 members (excludes halogenated alkanes) is 5. The second kappa shape index (κ2) is 9.13. The Morgan fingerprint density at radius 2 is 2.05 bits per heavy atom. The van der Waals surface area contributed by atoms with E-state index in [0.29, 0.717) is 0 Å². The van der Waals surface area contributed by atoms with E-state index in [1.165, 1.54) is 38.5 Å². The van der Waals surface area contributed by atoms with E-state index < -0.39 is 0 Å². The SMILES string of the molecule is CCCCCCCCN/C=C1\N=C(c2ccc[nH]2)C=C1OC. The van der Waals surface area contributed by atoms with Crippen LogP contribution in [0.4, 0.5) is 0 Å². The number of H-pyrrole nitrogens is 1. The number of hydrogen-bond donors (Lipinski definition) is 2. The molecule has 0 aromatic carbocycles. The molecule has 1 aromatic heterocycles. The summed E-state index contributed by atoms with van der Waals surface area (Å²) in [5.74, 6) is 0.806. The van der Waals surface area contributed by atoms with Crippen LogP contribution < -0.4 is 5.32 Å². The first kappa shape index (κ1) is 16.4. The van der Waals surface area contributed by atoms with Crippen LogP contribution in [0.15, 0.2) is 47.1 Å². The van der Waals surface area contributed by atoms with Gasteiger partial charge in [0.25, 0.3) is 0 Å². The first-order valence-corrected chi connectivity index (χ1v) is 8.27. The molecule has 0 saturated carbocycles. The molecule has 0 bridgehead atoms. The highest BCUT2D eigenvalue weighted by molar-refractivity contribution is 6.10. The third kappa shape index (κ3) is 4.79. The summed E-state index contributed by atoms with van der Waals surface area (Å²) >= 11 is 0. The van der Waals surface area contributed by atoms with Crippen molar-refractivity contribution in [1.29, 1.82) is 0 Å². The van der Waals surface area contributed by atoms with E-state index in [1.807, 2.05) is 30.6 Å². The van der Waals surface area contributed by atoms with Gasteiger partial charge in [-0.2, -0.15) is 0 Å². The zero-order chi connectivity index (χ0) is 15.6. The molecular formula is C18H27N3O. The van der Waals surface area contributed by atoms with Crippen LogP contribution in [0.25, 0.3) is 0 Å². The molecule has 0 saturated heterocycles. The van der Waals surface area contributed by atoms with Gasteiger partial charge in [-0.15, -0.1) is 0 Å². The van der Waals surface area contributed by atoms with Gasteiger partial charge in [0.1, 0.15) is 11.5 Å². The van der Waals surface area contributed by atoms with E-state index in [9.17, 15) is 0 Å². The second-order valence-corrected chi connectivity index (χ2v) is 5.55. The lowest BCUT2D eigenvalue weighted by Gasteiger charge is -2.04. The van der Waals surface area contributed by atoms with Crippen LogP contribution in [0.2, 0.25) is 0 Å². The quantitative estimate of drug-likeness (QED) is 0.638. The van der Waals surface area contributed by atoms with Crippen molar-refractivity contribution in [3.63, 3.8) is 0 Å². The topological polar surface area (TPSA) is 49.4 Å². The second-order valence-electron chi connectivity index (χ2n) is 5.55. The fourth-order valence-corrected chi connectivity index (χ4v) is 2.49. The van der Waals surface area contributed by atoms with Crippen LogP contribution in [-0.2, 0) is 4.74 Å². The normalized spacial score (nSPS) is 15.8. The van der Waals surface area contributed by atoms with Gasteiger partial charge in [0.2, 0.25) is 0 Å². The van der Waals surface area contributed by atoms with Gasteiger partial charge in [0.05, 0.1) is 18.5 Å². The van der Waals surface area contributed by atoms with Gasteiger partial charge >= 0.3 is 0 Å². The van der Waals surface area contributed by atoms with Crippen molar-refractivity contribution in [3.05, 3.63) is 47.8 Å². The first-order chi connectivity index (χ1) is 10.8. The van der Waals surface area contributed by atoms with Gasteiger partial charge in [0, 0.05) is 25.0 Å². The number of ether oxygens (including phenoxy) is 1. The average molecular weight is 301 g/mol. The van der Waals surface area contributed by atoms with Crippen LogP contribution in [0.1, 0.15) is 51.1 Å². The molecule has 0 atom stereocenters. The van der Waals surface area contributed by atoms with Crippen molar-refractivity contribution in [2.75, 3.05) is 13.7 Å². The summed E-state index contributed by atoms with van der Waals surface area (Å²) in [5, 5.41) is 3.35. The Bertz CT molecular complexity index is 527. The van der Waals surface area contributed by atoms with Crippen molar-refractivity contribution < 1.29 is 4.74 Å². The zero-order valence-corrected chi connectivity index (χ0v) is 13.7. The third-order valence-electron chi connectivity index (χ3n) is 3.77. The molecule has 120 valence electrons. The van der Waals surface area contributed by atoms with E-state index in [0.717, 1.165) is 29.4 Å². The summed E-state index contributed by atoms with van der Waals surface area (Å²) in [6.07, 6.45) is 13.7. The molecule has 0 spiro atoms. The lowest BCUT2D eigenvalue weighted by molar-refractivity contribution is 0.302. The first-order valence-electron chi connectivity index (χ1n) is 8.27. The van der Waals surface area contributed by atoms with Crippen molar-refractivity contribution in [3.8, 4) is 0 Å². The maximum Gasteiger partial charge on any atom is 0.148 e. The van der Waals surface area contributed by atoms with Gasteiger partial charge in [-0.1, -0.05) is 39.0 Å². The molecule has 0 aliphatic carbocycles. The fraction of sp³-hybridized carbons (Fsp3) is 0.500. The van der Waals surface area contributed by atoms with Crippen molar-refractivity contribution in [1.82, 2.24) is 10.3 Å². The lowest BCUT2D eigenvalue weighted by Crippen LogP contribution is -2.08. The van der Waals surface area contributed by atoms with Gasteiger partial charge in [-0.3, -0.25) is 0 Å². The minimum atomic E-state index is 0.806. The van der Waals surface area contributed by atoms with Crippen LogP contribution in [0.5, 0.6) is 0 Å².